The van der Waals surface area contributed by atoms with Crippen molar-refractivity contribution < 1.29 is 19.1 Å². The molecule has 0 heterocycles. The molecule has 0 atom stereocenters. The molecule has 0 bridgehead atoms. The van der Waals surface area contributed by atoms with Crippen molar-refractivity contribution >= 4 is 11.9 Å². The second-order valence-corrected chi connectivity index (χ2v) is 2.77. The van der Waals surface area contributed by atoms with Crippen molar-refractivity contribution in [3.8, 4) is 0 Å². The summed E-state index contributed by atoms with van der Waals surface area (Å²) < 4.78 is 8.87. The SMILES string of the molecule is C=COC(=O)C(=O)OCCCCCC. The highest BCUT2D eigenvalue weighted by atomic mass is 16.6. The molecule has 4 nitrogen and oxygen atoms in total. The van der Waals surface area contributed by atoms with E-state index in [2.05, 4.69) is 23.0 Å². The Morgan fingerprint density at radius 1 is 1.21 bits per heavy atom. The lowest BCUT2D eigenvalue weighted by molar-refractivity contribution is -0.164. The minimum atomic E-state index is -1.02. The van der Waals surface area contributed by atoms with E-state index in [1.165, 1.54) is 0 Å². The van der Waals surface area contributed by atoms with Gasteiger partial charge in [-0.3, -0.25) is 0 Å². The summed E-state index contributed by atoms with van der Waals surface area (Å²) in [4.78, 5) is 21.5. The summed E-state index contributed by atoms with van der Waals surface area (Å²) in [5, 5.41) is 0. The maximum Gasteiger partial charge on any atom is 0.422 e. The molecule has 0 spiro atoms. The Kier molecular flexibility index (Phi) is 7.50. The summed E-state index contributed by atoms with van der Waals surface area (Å²) in [7, 11) is 0. The molecular formula is C10H16O4. The Morgan fingerprint density at radius 3 is 2.50 bits per heavy atom. The molecule has 0 aromatic heterocycles. The van der Waals surface area contributed by atoms with Crippen LogP contribution < -0.4 is 0 Å². The maximum absolute atomic E-state index is 10.8. The molecule has 4 heteroatoms. The monoisotopic (exact) mass is 200 g/mol. The largest absolute Gasteiger partial charge is 0.457 e. The van der Waals surface area contributed by atoms with Crippen molar-refractivity contribution in [3.05, 3.63) is 12.8 Å². The molecule has 0 N–H and O–H groups in total. The Morgan fingerprint density at radius 2 is 1.93 bits per heavy atom. The van der Waals surface area contributed by atoms with Crippen LogP contribution in [0.5, 0.6) is 0 Å². The normalized spacial score (nSPS) is 9.21. The summed E-state index contributed by atoms with van der Waals surface area (Å²) in [6.07, 6.45) is 4.91. The van der Waals surface area contributed by atoms with E-state index >= 15 is 0 Å². The number of rotatable bonds is 6. The molecule has 0 aromatic carbocycles. The first-order chi connectivity index (χ1) is 6.72. The van der Waals surface area contributed by atoms with Crippen molar-refractivity contribution in [2.75, 3.05) is 6.61 Å². The second-order valence-electron chi connectivity index (χ2n) is 2.77. The Labute approximate surface area is 83.9 Å². The number of hydrogen-bond acceptors (Lipinski definition) is 4. The average Bonchev–Trinajstić information content (AvgIpc) is 2.17. The molecule has 0 radical (unpaired) electrons. The zero-order chi connectivity index (χ0) is 10.8. The minimum absolute atomic E-state index is 0.269. The first-order valence-corrected chi connectivity index (χ1v) is 4.71. The predicted molar refractivity (Wildman–Crippen MR) is 51.4 cm³/mol. The molecule has 0 unspecified atom stereocenters. The topological polar surface area (TPSA) is 52.6 Å². The average molecular weight is 200 g/mol. The van der Waals surface area contributed by atoms with Crippen LogP contribution in [0.1, 0.15) is 32.6 Å². The highest BCUT2D eigenvalue weighted by Crippen LogP contribution is 1.99. The third kappa shape index (κ3) is 6.22. The van der Waals surface area contributed by atoms with Crippen molar-refractivity contribution in [2.24, 2.45) is 0 Å². The summed E-state index contributed by atoms with van der Waals surface area (Å²) in [6, 6.07) is 0. The zero-order valence-corrected chi connectivity index (χ0v) is 8.45. The van der Waals surface area contributed by atoms with Crippen molar-refractivity contribution in [1.29, 1.82) is 0 Å². The van der Waals surface area contributed by atoms with E-state index in [0.29, 0.717) is 0 Å². The molecule has 0 aliphatic carbocycles. The van der Waals surface area contributed by atoms with E-state index < -0.39 is 11.9 Å². The van der Waals surface area contributed by atoms with Gasteiger partial charge in [0.05, 0.1) is 12.9 Å². The van der Waals surface area contributed by atoms with Gasteiger partial charge in [-0.25, -0.2) is 9.59 Å². The van der Waals surface area contributed by atoms with Crippen LogP contribution >= 0.6 is 0 Å². The van der Waals surface area contributed by atoms with Gasteiger partial charge in [-0.15, -0.1) is 0 Å². The number of hydrogen-bond donors (Lipinski definition) is 0. The fourth-order valence-electron chi connectivity index (χ4n) is 0.876. The lowest BCUT2D eigenvalue weighted by atomic mass is 10.2. The van der Waals surface area contributed by atoms with Crippen molar-refractivity contribution in [1.82, 2.24) is 0 Å². The van der Waals surface area contributed by atoms with Crippen LogP contribution in [-0.4, -0.2) is 18.5 Å². The van der Waals surface area contributed by atoms with Crippen LogP contribution in [-0.2, 0) is 19.1 Å². The zero-order valence-electron chi connectivity index (χ0n) is 8.45. The van der Waals surface area contributed by atoms with Gasteiger partial charge in [0.2, 0.25) is 0 Å². The number of esters is 2. The van der Waals surface area contributed by atoms with Crippen LogP contribution in [0.4, 0.5) is 0 Å². The summed E-state index contributed by atoms with van der Waals surface area (Å²) in [6.45, 7) is 5.51. The van der Waals surface area contributed by atoms with Crippen LogP contribution in [0.15, 0.2) is 12.8 Å². The fourth-order valence-corrected chi connectivity index (χ4v) is 0.876. The molecule has 0 amide bonds. The third-order valence-corrected chi connectivity index (χ3v) is 1.59. The van der Waals surface area contributed by atoms with Crippen LogP contribution in [0, 0.1) is 0 Å². The van der Waals surface area contributed by atoms with Gasteiger partial charge in [-0.2, -0.15) is 0 Å². The molecule has 0 rings (SSSR count). The number of ether oxygens (including phenoxy) is 2. The third-order valence-electron chi connectivity index (χ3n) is 1.59. The number of unbranched alkanes of at least 4 members (excludes halogenated alkanes) is 3. The Balaban J connectivity index is 3.44. The standard InChI is InChI=1S/C10H16O4/c1-3-5-6-7-8-14-10(12)9(11)13-4-2/h4H,2-3,5-8H2,1H3. The lowest BCUT2D eigenvalue weighted by Gasteiger charge is -2.02. The van der Waals surface area contributed by atoms with Crippen LogP contribution in [0.3, 0.4) is 0 Å². The smallest absolute Gasteiger partial charge is 0.422 e. The van der Waals surface area contributed by atoms with Crippen molar-refractivity contribution in [2.45, 2.75) is 32.6 Å². The van der Waals surface area contributed by atoms with Gasteiger partial charge < -0.3 is 9.47 Å². The van der Waals surface area contributed by atoms with Gasteiger partial charge >= 0.3 is 11.9 Å². The molecular weight excluding hydrogens is 184 g/mol. The predicted octanol–water partition coefficient (Wildman–Crippen LogP) is 1.80. The maximum atomic E-state index is 10.8. The Hall–Kier alpha value is -1.32. The van der Waals surface area contributed by atoms with Gasteiger partial charge in [0.1, 0.15) is 0 Å². The first-order valence-electron chi connectivity index (χ1n) is 4.71. The lowest BCUT2D eigenvalue weighted by Crippen LogP contribution is -2.18. The van der Waals surface area contributed by atoms with E-state index in [4.69, 9.17) is 0 Å². The summed E-state index contributed by atoms with van der Waals surface area (Å²) in [5.74, 6) is -1.98. The molecule has 0 aromatic rings. The van der Waals surface area contributed by atoms with Crippen LogP contribution in [0.2, 0.25) is 0 Å². The van der Waals surface area contributed by atoms with Gasteiger partial charge in [0.15, 0.2) is 0 Å². The van der Waals surface area contributed by atoms with E-state index in [9.17, 15) is 9.59 Å². The molecule has 80 valence electrons. The molecule has 14 heavy (non-hydrogen) atoms. The fraction of sp³-hybridized carbons (Fsp3) is 0.600. The number of carbonyl (C=O) groups excluding carboxylic acids is 2. The van der Waals surface area contributed by atoms with E-state index in [-0.39, 0.29) is 6.61 Å². The van der Waals surface area contributed by atoms with Crippen LogP contribution in [0.25, 0.3) is 0 Å². The van der Waals surface area contributed by atoms with E-state index in [0.717, 1.165) is 31.9 Å². The van der Waals surface area contributed by atoms with Gasteiger partial charge in [0, 0.05) is 0 Å². The molecule has 0 aliphatic rings. The second kappa shape index (κ2) is 8.29. The quantitative estimate of drug-likeness (QED) is 0.284. The summed E-state index contributed by atoms with van der Waals surface area (Å²) >= 11 is 0. The Bertz CT molecular complexity index is 198. The van der Waals surface area contributed by atoms with Gasteiger partial charge in [-0.05, 0) is 6.42 Å². The molecule has 0 aliphatic heterocycles. The van der Waals surface area contributed by atoms with Gasteiger partial charge in [-0.1, -0.05) is 32.8 Å². The highest BCUT2D eigenvalue weighted by molar-refractivity contribution is 6.29. The number of carbonyl (C=O) groups is 2. The van der Waals surface area contributed by atoms with Gasteiger partial charge in [0.25, 0.3) is 0 Å². The van der Waals surface area contributed by atoms with E-state index in [1.807, 2.05) is 0 Å². The molecule has 0 saturated heterocycles. The minimum Gasteiger partial charge on any atom is -0.457 e. The summed E-state index contributed by atoms with van der Waals surface area (Å²) in [5.41, 5.74) is 0. The van der Waals surface area contributed by atoms with Crippen molar-refractivity contribution in [3.63, 3.8) is 0 Å². The highest BCUT2D eigenvalue weighted by Gasteiger charge is 2.15. The molecule has 0 saturated carbocycles. The van der Waals surface area contributed by atoms with E-state index in [1.54, 1.807) is 0 Å². The molecule has 0 fully saturated rings. The first kappa shape index (κ1) is 12.7.